The van der Waals surface area contributed by atoms with Crippen LogP contribution in [0.5, 0.6) is 11.5 Å². The molecule has 1 aliphatic heterocycles. The first kappa shape index (κ1) is 18.6. The average Bonchev–Trinajstić information content (AvgIpc) is 2.61. The number of ether oxygens (including phenoxy) is 3. The molecule has 24 heavy (non-hydrogen) atoms. The molecule has 0 saturated heterocycles. The molecule has 3 rings (SSSR count). The van der Waals surface area contributed by atoms with E-state index in [-0.39, 0.29) is 18.5 Å². The molecule has 0 aliphatic carbocycles. The van der Waals surface area contributed by atoms with E-state index in [9.17, 15) is 0 Å². The molecule has 0 spiro atoms. The largest absolute Gasteiger partial charge is 0.493 e. The zero-order valence-electron chi connectivity index (χ0n) is 14.1. The van der Waals surface area contributed by atoms with Crippen molar-refractivity contribution in [3.05, 3.63) is 59.2 Å². The lowest BCUT2D eigenvalue weighted by Gasteiger charge is -2.26. The van der Waals surface area contributed by atoms with E-state index >= 15 is 0 Å². The molecule has 0 radical (unpaired) electrons. The Morgan fingerprint density at radius 3 is 2.67 bits per heavy atom. The molecule has 0 bridgehead atoms. The Balaban J connectivity index is 0.00000208. The van der Waals surface area contributed by atoms with Crippen molar-refractivity contribution < 1.29 is 14.2 Å². The van der Waals surface area contributed by atoms with Crippen LogP contribution in [0.4, 0.5) is 0 Å². The van der Waals surface area contributed by atoms with Crippen molar-refractivity contribution in [3.8, 4) is 11.5 Å². The van der Waals surface area contributed by atoms with Crippen LogP contribution in [0, 0.1) is 0 Å². The number of hydrogen-bond donors (Lipinski definition) is 1. The third kappa shape index (κ3) is 4.20. The van der Waals surface area contributed by atoms with Crippen LogP contribution in [0.25, 0.3) is 0 Å². The van der Waals surface area contributed by atoms with Crippen molar-refractivity contribution in [2.24, 2.45) is 0 Å². The van der Waals surface area contributed by atoms with Crippen LogP contribution in [-0.4, -0.2) is 27.4 Å². The zero-order chi connectivity index (χ0) is 16.1. The van der Waals surface area contributed by atoms with Gasteiger partial charge in [-0.15, -0.1) is 12.4 Å². The number of hydrogen-bond acceptors (Lipinski definition) is 4. The van der Waals surface area contributed by atoms with Gasteiger partial charge in [0.15, 0.2) is 11.5 Å². The van der Waals surface area contributed by atoms with Crippen LogP contribution < -0.4 is 14.8 Å². The maximum Gasteiger partial charge on any atom is 0.161 e. The molecule has 2 aromatic rings. The maximum atomic E-state index is 5.92. The Kier molecular flexibility index (Phi) is 6.91. The van der Waals surface area contributed by atoms with E-state index in [1.165, 1.54) is 11.1 Å². The molecule has 1 heterocycles. The molecule has 0 saturated carbocycles. The van der Waals surface area contributed by atoms with E-state index in [1.807, 2.05) is 18.2 Å². The predicted molar refractivity (Wildman–Crippen MR) is 97.3 cm³/mol. The summed E-state index contributed by atoms with van der Waals surface area (Å²) in [5, 5.41) is 3.48. The van der Waals surface area contributed by atoms with Crippen LogP contribution >= 0.6 is 12.4 Å². The Bertz CT molecular complexity index is 663. The van der Waals surface area contributed by atoms with Crippen molar-refractivity contribution in [3.63, 3.8) is 0 Å². The van der Waals surface area contributed by atoms with E-state index < -0.39 is 0 Å². The topological polar surface area (TPSA) is 39.7 Å². The summed E-state index contributed by atoms with van der Waals surface area (Å²) in [6, 6.07) is 14.5. The molecular weight excluding hydrogens is 326 g/mol. The Labute approximate surface area is 149 Å². The first-order valence-electron chi connectivity index (χ1n) is 7.93. The number of benzene rings is 2. The number of nitrogens with one attached hydrogen (secondary N) is 1. The maximum absolute atomic E-state index is 5.92. The molecular formula is C19H24ClNO3. The smallest absolute Gasteiger partial charge is 0.161 e. The monoisotopic (exact) mass is 349 g/mol. The molecule has 0 amide bonds. The summed E-state index contributed by atoms with van der Waals surface area (Å²) >= 11 is 0. The summed E-state index contributed by atoms with van der Waals surface area (Å²) in [4.78, 5) is 0. The third-order valence-corrected chi connectivity index (χ3v) is 4.20. The van der Waals surface area contributed by atoms with Gasteiger partial charge in [-0.1, -0.05) is 30.3 Å². The summed E-state index contributed by atoms with van der Waals surface area (Å²) < 4.78 is 16.5. The van der Waals surface area contributed by atoms with Crippen molar-refractivity contribution in [1.82, 2.24) is 5.32 Å². The van der Waals surface area contributed by atoms with Gasteiger partial charge in [0.25, 0.3) is 0 Å². The highest BCUT2D eigenvalue weighted by Crippen LogP contribution is 2.28. The summed E-state index contributed by atoms with van der Waals surface area (Å²) in [7, 11) is 3.30. The minimum Gasteiger partial charge on any atom is -0.493 e. The lowest BCUT2D eigenvalue weighted by atomic mass is 9.97. The van der Waals surface area contributed by atoms with Gasteiger partial charge in [0.2, 0.25) is 0 Å². The molecule has 1 unspecified atom stereocenters. The Morgan fingerprint density at radius 2 is 1.88 bits per heavy atom. The highest BCUT2D eigenvalue weighted by Gasteiger charge is 2.19. The highest BCUT2D eigenvalue weighted by molar-refractivity contribution is 5.85. The minimum atomic E-state index is 0. The predicted octanol–water partition coefficient (Wildman–Crippen LogP) is 3.53. The standard InChI is InChI=1S/C19H23NO3.ClH/c1-21-17-8-7-14(11-18(17)22-2)12-20-13-19-16-6-4-3-5-15(16)9-10-23-19;/h3-8,11,19-20H,9-10,12-13H2,1-2H3;1H. The van der Waals surface area contributed by atoms with Crippen molar-refractivity contribution in [2.75, 3.05) is 27.4 Å². The molecule has 1 atom stereocenters. The second-order valence-electron chi connectivity index (χ2n) is 5.63. The highest BCUT2D eigenvalue weighted by atomic mass is 35.5. The molecule has 1 N–H and O–H groups in total. The second kappa shape index (κ2) is 8.92. The van der Waals surface area contributed by atoms with E-state index in [2.05, 4.69) is 29.6 Å². The van der Waals surface area contributed by atoms with Crippen LogP contribution in [0.1, 0.15) is 22.8 Å². The normalized spacial score (nSPS) is 16.0. The number of rotatable bonds is 6. The van der Waals surface area contributed by atoms with Gasteiger partial charge < -0.3 is 19.5 Å². The number of fused-ring (bicyclic) bond motifs is 1. The molecule has 1 aliphatic rings. The summed E-state index contributed by atoms with van der Waals surface area (Å²) in [6.07, 6.45) is 1.13. The van der Waals surface area contributed by atoms with E-state index in [0.717, 1.165) is 43.2 Å². The molecule has 130 valence electrons. The molecule has 4 nitrogen and oxygen atoms in total. The van der Waals surface area contributed by atoms with Crippen LogP contribution in [0.2, 0.25) is 0 Å². The van der Waals surface area contributed by atoms with Gasteiger partial charge in [-0.05, 0) is 35.2 Å². The Hall–Kier alpha value is -1.75. The van der Waals surface area contributed by atoms with Crippen molar-refractivity contribution in [2.45, 2.75) is 19.1 Å². The van der Waals surface area contributed by atoms with Crippen LogP contribution in [0.3, 0.4) is 0 Å². The van der Waals surface area contributed by atoms with E-state index in [0.29, 0.717) is 0 Å². The molecule has 0 aromatic heterocycles. The minimum absolute atomic E-state index is 0. The fourth-order valence-corrected chi connectivity index (χ4v) is 2.98. The zero-order valence-corrected chi connectivity index (χ0v) is 14.9. The van der Waals surface area contributed by atoms with Crippen LogP contribution in [-0.2, 0) is 17.7 Å². The van der Waals surface area contributed by atoms with Gasteiger partial charge in [-0.25, -0.2) is 0 Å². The lowest BCUT2D eigenvalue weighted by molar-refractivity contribution is 0.0423. The summed E-state index contributed by atoms with van der Waals surface area (Å²) in [5.74, 6) is 1.51. The van der Waals surface area contributed by atoms with Gasteiger partial charge >= 0.3 is 0 Å². The fourth-order valence-electron chi connectivity index (χ4n) is 2.98. The lowest BCUT2D eigenvalue weighted by Crippen LogP contribution is -2.27. The molecule has 5 heteroatoms. The van der Waals surface area contributed by atoms with Gasteiger partial charge in [0, 0.05) is 13.1 Å². The van der Waals surface area contributed by atoms with Crippen molar-refractivity contribution in [1.29, 1.82) is 0 Å². The van der Waals surface area contributed by atoms with Gasteiger partial charge in [-0.2, -0.15) is 0 Å². The van der Waals surface area contributed by atoms with Gasteiger partial charge in [0.05, 0.1) is 26.9 Å². The first-order chi connectivity index (χ1) is 11.3. The van der Waals surface area contributed by atoms with E-state index in [4.69, 9.17) is 14.2 Å². The molecule has 0 fully saturated rings. The Morgan fingerprint density at radius 1 is 1.08 bits per heavy atom. The number of methoxy groups -OCH3 is 2. The van der Waals surface area contributed by atoms with Crippen LogP contribution in [0.15, 0.2) is 42.5 Å². The number of halogens is 1. The third-order valence-electron chi connectivity index (χ3n) is 4.20. The SMILES string of the molecule is COc1ccc(CNCC2OCCc3ccccc32)cc1OC.Cl. The van der Waals surface area contributed by atoms with Crippen molar-refractivity contribution >= 4 is 12.4 Å². The molecule has 2 aromatic carbocycles. The average molecular weight is 350 g/mol. The summed E-state index contributed by atoms with van der Waals surface area (Å²) in [5.41, 5.74) is 3.86. The van der Waals surface area contributed by atoms with Gasteiger partial charge in [0.1, 0.15) is 0 Å². The quantitative estimate of drug-likeness (QED) is 0.866. The second-order valence-corrected chi connectivity index (χ2v) is 5.63. The van der Waals surface area contributed by atoms with Gasteiger partial charge in [-0.3, -0.25) is 0 Å². The first-order valence-corrected chi connectivity index (χ1v) is 7.93. The van der Waals surface area contributed by atoms with E-state index in [1.54, 1.807) is 14.2 Å². The fraction of sp³-hybridized carbons (Fsp3) is 0.368. The summed E-state index contributed by atoms with van der Waals surface area (Å²) in [6.45, 7) is 2.35.